The summed E-state index contributed by atoms with van der Waals surface area (Å²) in [6, 6.07) is 2.30. The zero-order valence-electron chi connectivity index (χ0n) is 5.49. The van der Waals surface area contributed by atoms with Gasteiger partial charge in [-0.25, -0.2) is 0 Å². The average molecular weight is 129 g/mol. The number of rotatable bonds is 0. The molecule has 10 heavy (non-hydrogen) atoms. The van der Waals surface area contributed by atoms with Gasteiger partial charge in [0, 0.05) is 11.5 Å². The molecule has 4 saturated carbocycles. The van der Waals surface area contributed by atoms with Gasteiger partial charge < -0.3 is 0 Å². The maximum absolute atomic E-state index is 8.66. The molecule has 6 atom stereocenters. The van der Waals surface area contributed by atoms with Crippen LogP contribution in [0.4, 0.5) is 0 Å². The zero-order valence-corrected chi connectivity index (χ0v) is 5.49. The van der Waals surface area contributed by atoms with E-state index < -0.39 is 0 Å². The zero-order chi connectivity index (χ0) is 6.46. The Hall–Kier alpha value is -0.770. The number of nitrogens with zero attached hydrogens (tertiary/aromatic N) is 1. The van der Waals surface area contributed by atoms with Gasteiger partial charge >= 0.3 is 0 Å². The Labute approximate surface area is 59.3 Å². The summed E-state index contributed by atoms with van der Waals surface area (Å²) in [5.74, 6) is 5.87. The van der Waals surface area contributed by atoms with Crippen molar-refractivity contribution in [1.29, 1.82) is 5.26 Å². The molecule has 0 aromatic heterocycles. The van der Waals surface area contributed by atoms with Crippen molar-refractivity contribution in [2.24, 2.45) is 35.5 Å². The molecule has 4 fully saturated rings. The minimum absolute atomic E-state index is 0.755. The third-order valence-electron chi connectivity index (χ3n) is 4.07. The Morgan fingerprint density at radius 1 is 1.20 bits per heavy atom. The van der Waals surface area contributed by atoms with Gasteiger partial charge in [-0.3, -0.25) is 0 Å². The lowest BCUT2D eigenvalue weighted by Crippen LogP contribution is -2.19. The van der Waals surface area contributed by atoms with Crippen LogP contribution < -0.4 is 0 Å². The molecule has 1 nitrogen and oxygen atoms in total. The van der Waals surface area contributed by atoms with E-state index in [1.54, 1.807) is 0 Å². The molecule has 0 N–H and O–H groups in total. The van der Waals surface area contributed by atoms with E-state index in [0.717, 1.165) is 41.1 Å². The Morgan fingerprint density at radius 3 is 2.60 bits per heavy atom. The molecular formula is C9H7N. The van der Waals surface area contributed by atoms with E-state index in [2.05, 4.69) is 12.1 Å². The summed E-state index contributed by atoms with van der Waals surface area (Å²) in [6.07, 6.45) is 2.22. The molecule has 0 amide bonds. The fraction of sp³-hybridized carbons (Fsp3) is 0.667. The Kier molecular flexibility index (Phi) is 0.364. The van der Waals surface area contributed by atoms with Crippen molar-refractivity contribution in [2.45, 2.75) is 0 Å². The van der Waals surface area contributed by atoms with E-state index in [0.29, 0.717) is 0 Å². The first-order chi connectivity index (χ1) is 4.93. The number of nitriles is 1. The quantitative estimate of drug-likeness (QED) is 0.482. The van der Waals surface area contributed by atoms with Gasteiger partial charge in [0.15, 0.2) is 0 Å². The summed E-state index contributed by atoms with van der Waals surface area (Å²) in [7, 11) is 0. The maximum Gasteiger partial charge on any atom is 0.0947 e. The number of hydrogen-bond donors (Lipinski definition) is 0. The van der Waals surface area contributed by atoms with Crippen molar-refractivity contribution in [3.63, 3.8) is 0 Å². The van der Waals surface area contributed by atoms with Gasteiger partial charge in [0.1, 0.15) is 0 Å². The van der Waals surface area contributed by atoms with Crippen molar-refractivity contribution < 1.29 is 0 Å². The Morgan fingerprint density at radius 2 is 2.00 bits per heavy atom. The smallest absolute Gasteiger partial charge is 0.0947 e. The summed E-state index contributed by atoms with van der Waals surface area (Å²) in [5.41, 5.74) is 1.11. The minimum atomic E-state index is 0.755. The van der Waals surface area contributed by atoms with E-state index in [1.807, 2.05) is 0 Å². The molecule has 1 heteroatoms. The summed E-state index contributed by atoms with van der Waals surface area (Å²) in [4.78, 5) is 0. The highest BCUT2D eigenvalue weighted by Gasteiger charge is 2.85. The van der Waals surface area contributed by atoms with Crippen LogP contribution in [0.15, 0.2) is 11.6 Å². The van der Waals surface area contributed by atoms with E-state index in [4.69, 9.17) is 5.26 Å². The fourth-order valence-electron chi connectivity index (χ4n) is 3.57. The SMILES string of the molecule is N#CC1=C[C@H]2C3C4C([C@H]43)[C@@H]12. The molecule has 2 bridgehead atoms. The van der Waals surface area contributed by atoms with Gasteiger partial charge in [-0.2, -0.15) is 5.26 Å². The van der Waals surface area contributed by atoms with Crippen molar-refractivity contribution >= 4 is 0 Å². The molecule has 0 aromatic rings. The summed E-state index contributed by atoms with van der Waals surface area (Å²) < 4.78 is 0. The number of allylic oxidation sites excluding steroid dienone is 2. The molecular weight excluding hydrogens is 122 g/mol. The van der Waals surface area contributed by atoms with Crippen molar-refractivity contribution in [3.8, 4) is 6.07 Å². The van der Waals surface area contributed by atoms with Crippen LogP contribution in [0.5, 0.6) is 0 Å². The van der Waals surface area contributed by atoms with Gasteiger partial charge in [0.2, 0.25) is 0 Å². The first kappa shape index (κ1) is 4.18. The minimum Gasteiger partial charge on any atom is -0.193 e. The molecule has 0 saturated heterocycles. The molecule has 0 aromatic carbocycles. The second-order valence-electron chi connectivity index (χ2n) is 4.15. The van der Waals surface area contributed by atoms with Gasteiger partial charge in [-0.15, -0.1) is 0 Å². The van der Waals surface area contributed by atoms with E-state index in [-0.39, 0.29) is 0 Å². The summed E-state index contributed by atoms with van der Waals surface area (Å²) >= 11 is 0. The highest BCUT2D eigenvalue weighted by molar-refractivity contribution is 5.49. The fourth-order valence-corrected chi connectivity index (χ4v) is 3.57. The van der Waals surface area contributed by atoms with E-state index in [9.17, 15) is 0 Å². The van der Waals surface area contributed by atoms with Gasteiger partial charge in [0.25, 0.3) is 0 Å². The van der Waals surface area contributed by atoms with Crippen LogP contribution in [0.1, 0.15) is 0 Å². The standard InChI is InChI=1S/C9H7N/c10-2-3-1-4-5(3)7-8-6(4)9(7)8/h1,4-9H/t4-,5+,6?,7?,8-,9?/m1/s1. The van der Waals surface area contributed by atoms with Crippen LogP contribution in [0.3, 0.4) is 0 Å². The molecule has 0 spiro atoms. The third kappa shape index (κ3) is 0.202. The molecule has 0 heterocycles. The highest BCUT2D eigenvalue weighted by atomic mass is 14.9. The molecule has 0 radical (unpaired) electrons. The largest absolute Gasteiger partial charge is 0.193 e. The normalized spacial score (nSPS) is 70.5. The van der Waals surface area contributed by atoms with Crippen LogP contribution in [0.25, 0.3) is 0 Å². The third-order valence-corrected chi connectivity index (χ3v) is 4.07. The topological polar surface area (TPSA) is 23.8 Å². The Balaban J connectivity index is 1.87. The second kappa shape index (κ2) is 0.871. The maximum atomic E-state index is 8.66. The highest BCUT2D eigenvalue weighted by Crippen LogP contribution is 2.88. The van der Waals surface area contributed by atoms with Gasteiger partial charge in [-0.1, -0.05) is 6.08 Å². The van der Waals surface area contributed by atoms with Crippen LogP contribution in [-0.2, 0) is 0 Å². The second-order valence-corrected chi connectivity index (χ2v) is 4.15. The molecule has 5 aliphatic rings. The molecule has 5 rings (SSSR count). The average Bonchev–Trinajstić information content (AvgIpc) is 2.70. The van der Waals surface area contributed by atoms with Crippen LogP contribution in [-0.4, -0.2) is 0 Å². The molecule has 5 aliphatic carbocycles. The first-order valence-corrected chi connectivity index (χ1v) is 4.05. The van der Waals surface area contributed by atoms with Crippen LogP contribution in [0.2, 0.25) is 0 Å². The summed E-state index contributed by atoms with van der Waals surface area (Å²) in [6.45, 7) is 0. The van der Waals surface area contributed by atoms with Crippen molar-refractivity contribution in [3.05, 3.63) is 11.6 Å². The Bertz CT molecular complexity index is 299. The predicted octanol–water partition coefficient (Wildman–Crippen LogP) is 1.19. The summed E-state index contributed by atoms with van der Waals surface area (Å²) in [5, 5.41) is 8.66. The predicted molar refractivity (Wildman–Crippen MR) is 34.6 cm³/mol. The van der Waals surface area contributed by atoms with E-state index in [1.165, 1.54) is 0 Å². The van der Waals surface area contributed by atoms with Crippen LogP contribution >= 0.6 is 0 Å². The first-order valence-electron chi connectivity index (χ1n) is 4.05. The molecule has 48 valence electrons. The van der Waals surface area contributed by atoms with Gasteiger partial charge in [-0.05, 0) is 29.6 Å². The molecule has 0 aliphatic heterocycles. The lowest BCUT2D eigenvalue weighted by molar-refractivity contribution is 0.466. The van der Waals surface area contributed by atoms with Crippen molar-refractivity contribution in [2.75, 3.05) is 0 Å². The van der Waals surface area contributed by atoms with E-state index >= 15 is 0 Å². The molecule has 3 unspecified atom stereocenters. The monoisotopic (exact) mass is 129 g/mol. The van der Waals surface area contributed by atoms with Crippen molar-refractivity contribution in [1.82, 2.24) is 0 Å². The van der Waals surface area contributed by atoms with Gasteiger partial charge in [0.05, 0.1) is 6.07 Å². The van der Waals surface area contributed by atoms with Crippen LogP contribution in [0, 0.1) is 46.8 Å². The lowest BCUT2D eigenvalue weighted by Gasteiger charge is -2.24. The number of hydrogen-bond acceptors (Lipinski definition) is 1. The lowest BCUT2D eigenvalue weighted by atomic mass is 9.78.